The van der Waals surface area contributed by atoms with Crippen LogP contribution in [0, 0.1) is 12.3 Å². The number of carbonyl (C=O) groups excluding carboxylic acids is 1. The largest absolute Gasteiger partial charge is 0.463 e. The van der Waals surface area contributed by atoms with E-state index in [-0.39, 0.29) is 5.97 Å². The van der Waals surface area contributed by atoms with Crippen LogP contribution in [0.1, 0.15) is 26.2 Å². The zero-order valence-corrected chi connectivity index (χ0v) is 8.38. The quantitative estimate of drug-likeness (QED) is 0.504. The molecule has 0 N–H and O–H groups in total. The van der Waals surface area contributed by atoms with Crippen molar-refractivity contribution in [1.29, 1.82) is 0 Å². The molecule has 0 spiro atoms. The second-order valence-corrected chi connectivity index (χ2v) is 3.08. The van der Waals surface area contributed by atoms with Gasteiger partial charge in [0.1, 0.15) is 0 Å². The first-order chi connectivity index (χ1) is 6.79. The molecule has 1 aliphatic carbocycles. The van der Waals surface area contributed by atoms with E-state index in [2.05, 4.69) is 5.92 Å². The second-order valence-electron chi connectivity index (χ2n) is 3.08. The Labute approximate surface area is 84.6 Å². The maximum atomic E-state index is 11.5. The van der Waals surface area contributed by atoms with Crippen LogP contribution in [0.5, 0.6) is 0 Å². The molecule has 14 heavy (non-hydrogen) atoms. The molecule has 2 nitrogen and oxygen atoms in total. The van der Waals surface area contributed by atoms with Crippen LogP contribution in [0.2, 0.25) is 0 Å². The van der Waals surface area contributed by atoms with E-state index in [1.165, 1.54) is 0 Å². The smallest absolute Gasteiger partial charge is 0.334 e. The predicted molar refractivity (Wildman–Crippen MR) is 55.5 cm³/mol. The minimum Gasteiger partial charge on any atom is -0.463 e. The Morgan fingerprint density at radius 2 is 2.43 bits per heavy atom. The third kappa shape index (κ3) is 2.50. The van der Waals surface area contributed by atoms with Gasteiger partial charge in [-0.3, -0.25) is 0 Å². The van der Waals surface area contributed by atoms with E-state index in [1.807, 2.05) is 13.0 Å². The zero-order chi connectivity index (χ0) is 10.4. The lowest BCUT2D eigenvalue weighted by Crippen LogP contribution is -2.06. The van der Waals surface area contributed by atoms with Gasteiger partial charge in [-0.05, 0) is 37.8 Å². The van der Waals surface area contributed by atoms with Gasteiger partial charge in [-0.15, -0.1) is 6.42 Å². The lowest BCUT2D eigenvalue weighted by atomic mass is 10.1. The van der Waals surface area contributed by atoms with Gasteiger partial charge in [-0.2, -0.15) is 0 Å². The molecule has 0 saturated heterocycles. The van der Waals surface area contributed by atoms with Crippen molar-refractivity contribution in [2.45, 2.75) is 26.2 Å². The Morgan fingerprint density at radius 1 is 1.64 bits per heavy atom. The Hall–Kier alpha value is -1.49. The van der Waals surface area contributed by atoms with Crippen LogP contribution in [0.3, 0.4) is 0 Å². The molecule has 0 aromatic heterocycles. The highest BCUT2D eigenvalue weighted by Crippen LogP contribution is 2.27. The standard InChI is InChI=1S/C12H14O2/c1-3-5-7-10-8-6-9-11(10)12(13)14-4-2/h1,5,7H,4,6,8-9H2,2H3/b7-5-. The van der Waals surface area contributed by atoms with Gasteiger partial charge >= 0.3 is 5.97 Å². The number of carbonyl (C=O) groups is 1. The fourth-order valence-corrected chi connectivity index (χ4v) is 1.55. The highest BCUT2D eigenvalue weighted by atomic mass is 16.5. The van der Waals surface area contributed by atoms with Gasteiger partial charge in [0.15, 0.2) is 0 Å². The van der Waals surface area contributed by atoms with Crippen molar-refractivity contribution in [3.8, 4) is 12.3 Å². The molecule has 0 radical (unpaired) electrons. The van der Waals surface area contributed by atoms with Crippen molar-refractivity contribution in [3.63, 3.8) is 0 Å². The monoisotopic (exact) mass is 190 g/mol. The molecule has 1 aliphatic rings. The van der Waals surface area contributed by atoms with Crippen LogP contribution in [-0.2, 0) is 9.53 Å². The van der Waals surface area contributed by atoms with E-state index in [1.54, 1.807) is 6.08 Å². The number of hydrogen-bond donors (Lipinski definition) is 0. The number of hydrogen-bond acceptors (Lipinski definition) is 2. The highest BCUT2D eigenvalue weighted by molar-refractivity contribution is 5.90. The minimum absolute atomic E-state index is 0.193. The fourth-order valence-electron chi connectivity index (χ4n) is 1.55. The molecule has 0 unspecified atom stereocenters. The summed E-state index contributed by atoms with van der Waals surface area (Å²) in [5.74, 6) is 2.23. The van der Waals surface area contributed by atoms with Crippen LogP contribution < -0.4 is 0 Å². The van der Waals surface area contributed by atoms with Gasteiger partial charge in [-0.25, -0.2) is 4.79 Å². The van der Waals surface area contributed by atoms with Crippen LogP contribution in [0.15, 0.2) is 23.3 Å². The summed E-state index contributed by atoms with van der Waals surface area (Å²) in [6.07, 6.45) is 11.3. The van der Waals surface area contributed by atoms with Crippen molar-refractivity contribution in [2.24, 2.45) is 0 Å². The average Bonchev–Trinajstić information content (AvgIpc) is 2.63. The summed E-state index contributed by atoms with van der Waals surface area (Å²) in [4.78, 5) is 11.5. The molecule has 74 valence electrons. The highest BCUT2D eigenvalue weighted by Gasteiger charge is 2.19. The molecule has 0 aromatic carbocycles. The number of rotatable bonds is 3. The molecule has 0 aliphatic heterocycles. The molecule has 1 rings (SSSR count). The predicted octanol–water partition coefficient (Wildman–Crippen LogP) is 2.22. The summed E-state index contributed by atoms with van der Waals surface area (Å²) in [5, 5.41) is 0. The molecule has 2 heteroatoms. The van der Waals surface area contributed by atoms with E-state index in [4.69, 9.17) is 11.2 Å². The molecular formula is C12H14O2. The lowest BCUT2D eigenvalue weighted by molar-refractivity contribution is -0.138. The van der Waals surface area contributed by atoms with E-state index >= 15 is 0 Å². The Morgan fingerprint density at radius 3 is 3.07 bits per heavy atom. The molecule has 0 aromatic rings. The first-order valence-electron chi connectivity index (χ1n) is 4.81. The molecule has 0 saturated carbocycles. The Bertz CT molecular complexity index is 316. The topological polar surface area (TPSA) is 26.3 Å². The van der Waals surface area contributed by atoms with Crippen molar-refractivity contribution >= 4 is 5.97 Å². The molecule has 0 atom stereocenters. The molecule has 0 amide bonds. The van der Waals surface area contributed by atoms with Gasteiger partial charge in [0.25, 0.3) is 0 Å². The van der Waals surface area contributed by atoms with Gasteiger partial charge < -0.3 is 4.74 Å². The Balaban J connectivity index is 2.77. The summed E-state index contributed by atoms with van der Waals surface area (Å²) in [5.41, 5.74) is 1.82. The zero-order valence-electron chi connectivity index (χ0n) is 8.38. The fraction of sp³-hybridized carbons (Fsp3) is 0.417. The summed E-state index contributed by atoms with van der Waals surface area (Å²) in [6, 6.07) is 0. The van der Waals surface area contributed by atoms with E-state index in [0.717, 1.165) is 30.4 Å². The van der Waals surface area contributed by atoms with Crippen molar-refractivity contribution in [3.05, 3.63) is 23.3 Å². The van der Waals surface area contributed by atoms with E-state index in [9.17, 15) is 4.79 Å². The summed E-state index contributed by atoms with van der Waals surface area (Å²) < 4.78 is 4.95. The third-order valence-electron chi connectivity index (χ3n) is 2.16. The van der Waals surface area contributed by atoms with Crippen LogP contribution in [0.4, 0.5) is 0 Å². The summed E-state index contributed by atoms with van der Waals surface area (Å²) in [6.45, 7) is 2.23. The van der Waals surface area contributed by atoms with Crippen molar-refractivity contribution in [2.75, 3.05) is 6.61 Å². The van der Waals surface area contributed by atoms with Gasteiger partial charge in [0, 0.05) is 5.57 Å². The second kappa shape index (κ2) is 5.29. The van der Waals surface area contributed by atoms with Gasteiger partial charge in [0.2, 0.25) is 0 Å². The normalized spacial score (nSPS) is 16.0. The SMILES string of the molecule is C#C/C=C\C1=C(C(=O)OCC)CCC1. The first kappa shape index (κ1) is 10.6. The first-order valence-corrected chi connectivity index (χ1v) is 4.81. The van der Waals surface area contributed by atoms with Gasteiger partial charge in [0.05, 0.1) is 6.61 Å². The van der Waals surface area contributed by atoms with Crippen LogP contribution in [-0.4, -0.2) is 12.6 Å². The number of esters is 1. The molecule has 0 heterocycles. The third-order valence-corrected chi connectivity index (χ3v) is 2.16. The average molecular weight is 190 g/mol. The number of terminal acetylenes is 1. The number of allylic oxidation sites excluding steroid dienone is 3. The van der Waals surface area contributed by atoms with Crippen LogP contribution >= 0.6 is 0 Å². The van der Waals surface area contributed by atoms with E-state index < -0.39 is 0 Å². The Kier molecular flexibility index (Phi) is 4.00. The van der Waals surface area contributed by atoms with Crippen molar-refractivity contribution < 1.29 is 9.53 Å². The summed E-state index contributed by atoms with van der Waals surface area (Å²) >= 11 is 0. The molecule has 0 bridgehead atoms. The summed E-state index contributed by atoms with van der Waals surface area (Å²) in [7, 11) is 0. The lowest BCUT2D eigenvalue weighted by Gasteiger charge is -2.02. The van der Waals surface area contributed by atoms with Gasteiger partial charge in [-0.1, -0.05) is 12.0 Å². The minimum atomic E-state index is -0.193. The number of ether oxygens (including phenoxy) is 1. The van der Waals surface area contributed by atoms with Crippen LogP contribution in [0.25, 0.3) is 0 Å². The maximum Gasteiger partial charge on any atom is 0.334 e. The van der Waals surface area contributed by atoms with Crippen molar-refractivity contribution in [1.82, 2.24) is 0 Å². The maximum absolute atomic E-state index is 11.5. The molecule has 0 fully saturated rings. The van der Waals surface area contributed by atoms with E-state index in [0.29, 0.717) is 6.61 Å². The molecular weight excluding hydrogens is 176 g/mol.